The first-order chi connectivity index (χ1) is 10.6. The highest BCUT2D eigenvalue weighted by Crippen LogP contribution is 2.28. The first-order valence-corrected chi connectivity index (χ1v) is 9.42. The molecule has 0 bridgehead atoms. The summed E-state index contributed by atoms with van der Waals surface area (Å²) >= 11 is 0. The lowest BCUT2D eigenvalue weighted by atomic mass is 9.88. The number of hydrogen-bond acceptors (Lipinski definition) is 4. The highest BCUT2D eigenvalue weighted by Gasteiger charge is 2.37. The van der Waals surface area contributed by atoms with Crippen LogP contribution in [0.2, 0.25) is 0 Å². The molecule has 0 aliphatic carbocycles. The van der Waals surface area contributed by atoms with Gasteiger partial charge in [0.25, 0.3) is 0 Å². The van der Waals surface area contributed by atoms with Crippen molar-refractivity contribution in [1.29, 1.82) is 0 Å². The number of piperidine rings is 1. The van der Waals surface area contributed by atoms with E-state index in [1.165, 1.54) is 26.1 Å². The van der Waals surface area contributed by atoms with Crippen LogP contribution in [0.5, 0.6) is 0 Å². The minimum Gasteiger partial charge on any atom is -0.396 e. The average Bonchev–Trinajstić information content (AvgIpc) is 2.45. The van der Waals surface area contributed by atoms with Crippen molar-refractivity contribution < 1.29 is 5.11 Å². The molecule has 1 N–H and O–H groups in total. The van der Waals surface area contributed by atoms with Gasteiger partial charge in [-0.25, -0.2) is 0 Å². The molecule has 0 aromatic carbocycles. The summed E-state index contributed by atoms with van der Waals surface area (Å²) in [5, 5.41) is 9.92. The van der Waals surface area contributed by atoms with Crippen molar-refractivity contribution in [3.63, 3.8) is 0 Å². The maximum Gasteiger partial charge on any atom is 0.0486 e. The molecule has 0 saturated carbocycles. The van der Waals surface area contributed by atoms with Gasteiger partial charge >= 0.3 is 0 Å². The molecule has 2 atom stereocenters. The van der Waals surface area contributed by atoms with Crippen molar-refractivity contribution in [3.05, 3.63) is 0 Å². The third-order valence-electron chi connectivity index (χ3n) is 5.45. The molecule has 2 saturated heterocycles. The van der Waals surface area contributed by atoms with Crippen LogP contribution < -0.4 is 0 Å². The van der Waals surface area contributed by atoms with Gasteiger partial charge in [-0.05, 0) is 32.6 Å². The first kappa shape index (κ1) is 19.2. The number of aliphatic hydroxyl groups is 1. The smallest absolute Gasteiger partial charge is 0.0486 e. The van der Waals surface area contributed by atoms with E-state index in [4.69, 9.17) is 0 Å². The van der Waals surface area contributed by atoms with Gasteiger partial charge in [0.15, 0.2) is 0 Å². The first-order valence-electron chi connectivity index (χ1n) is 9.42. The molecule has 4 heteroatoms. The van der Waals surface area contributed by atoms with Gasteiger partial charge in [-0.3, -0.25) is 9.80 Å². The topological polar surface area (TPSA) is 30.0 Å². The molecule has 136 valence electrons. The maximum atomic E-state index is 9.92. The minimum absolute atomic E-state index is 0.212. The Labute approximate surface area is 143 Å². The third-order valence-corrected chi connectivity index (χ3v) is 5.45. The quantitative estimate of drug-likeness (QED) is 0.861. The van der Waals surface area contributed by atoms with E-state index in [1.54, 1.807) is 0 Å². The van der Waals surface area contributed by atoms with E-state index in [2.05, 4.69) is 56.2 Å². The Morgan fingerprint density at radius 2 is 1.52 bits per heavy atom. The zero-order valence-electron chi connectivity index (χ0n) is 16.3. The van der Waals surface area contributed by atoms with Crippen molar-refractivity contribution in [1.82, 2.24) is 14.7 Å². The van der Waals surface area contributed by atoms with Crippen LogP contribution in [0.15, 0.2) is 0 Å². The van der Waals surface area contributed by atoms with Gasteiger partial charge < -0.3 is 10.0 Å². The van der Waals surface area contributed by atoms with Crippen LogP contribution in [0, 0.1) is 11.3 Å². The van der Waals surface area contributed by atoms with Crippen LogP contribution in [0.25, 0.3) is 0 Å². The zero-order valence-corrected chi connectivity index (χ0v) is 16.3. The maximum absolute atomic E-state index is 9.92. The summed E-state index contributed by atoms with van der Waals surface area (Å²) < 4.78 is 0. The van der Waals surface area contributed by atoms with Gasteiger partial charge in [0.1, 0.15) is 0 Å². The van der Waals surface area contributed by atoms with E-state index in [0.29, 0.717) is 24.0 Å². The van der Waals surface area contributed by atoms with E-state index < -0.39 is 0 Å². The van der Waals surface area contributed by atoms with Gasteiger partial charge in [-0.15, -0.1) is 0 Å². The third kappa shape index (κ3) is 5.42. The Morgan fingerprint density at radius 3 is 2.00 bits per heavy atom. The molecule has 0 amide bonds. The molecule has 0 aromatic heterocycles. The fourth-order valence-corrected chi connectivity index (χ4v) is 4.21. The SMILES string of the molecule is CC(C)(C)CN1CCN(C2CCN(C(C)(C)C)C[C@H]2CO)CC1. The fourth-order valence-electron chi connectivity index (χ4n) is 4.21. The lowest BCUT2D eigenvalue weighted by Gasteiger charge is -2.49. The molecule has 2 aliphatic heterocycles. The summed E-state index contributed by atoms with van der Waals surface area (Å²) in [6.45, 7) is 22.2. The molecule has 1 unspecified atom stereocenters. The van der Waals surface area contributed by atoms with Crippen LogP contribution >= 0.6 is 0 Å². The number of nitrogens with zero attached hydrogens (tertiary/aromatic N) is 3. The second-order valence-electron chi connectivity index (χ2n) is 9.79. The molecule has 0 aromatic rings. The molecule has 0 spiro atoms. The van der Waals surface area contributed by atoms with Crippen molar-refractivity contribution in [2.24, 2.45) is 11.3 Å². The Kier molecular flexibility index (Phi) is 6.15. The lowest BCUT2D eigenvalue weighted by Crippen LogP contribution is -2.60. The number of hydrogen-bond donors (Lipinski definition) is 1. The standard InChI is InChI=1S/C19H39N3O/c1-18(2,3)15-20-9-11-21(12-10-20)17-7-8-22(19(4,5)6)13-16(17)14-23/h16-17,23H,7-15H2,1-6H3/t16-,17?/m0/s1. The number of piperazine rings is 1. The number of rotatable bonds is 3. The summed E-state index contributed by atoms with van der Waals surface area (Å²) in [5.41, 5.74) is 0.595. The normalized spacial score (nSPS) is 29.9. The van der Waals surface area contributed by atoms with Crippen LogP contribution in [0.1, 0.15) is 48.0 Å². The molecule has 2 fully saturated rings. The van der Waals surface area contributed by atoms with Crippen LogP contribution in [0.3, 0.4) is 0 Å². The van der Waals surface area contributed by atoms with Gasteiger partial charge in [-0.1, -0.05) is 20.8 Å². The van der Waals surface area contributed by atoms with E-state index in [1.807, 2.05) is 0 Å². The molecular weight excluding hydrogens is 286 g/mol. The summed E-state index contributed by atoms with van der Waals surface area (Å²) in [7, 11) is 0. The van der Waals surface area contributed by atoms with Crippen molar-refractivity contribution in [2.45, 2.75) is 59.5 Å². The van der Waals surface area contributed by atoms with E-state index in [0.717, 1.165) is 26.2 Å². The van der Waals surface area contributed by atoms with Crippen molar-refractivity contribution in [3.8, 4) is 0 Å². The molecule has 2 aliphatic rings. The Hall–Kier alpha value is -0.160. The summed E-state index contributed by atoms with van der Waals surface area (Å²) in [4.78, 5) is 7.80. The summed E-state index contributed by atoms with van der Waals surface area (Å²) in [6.07, 6.45) is 1.20. The molecule has 4 nitrogen and oxygen atoms in total. The van der Waals surface area contributed by atoms with Gasteiger partial charge in [0.2, 0.25) is 0 Å². The Morgan fingerprint density at radius 1 is 0.913 bits per heavy atom. The van der Waals surface area contributed by atoms with E-state index in [9.17, 15) is 5.11 Å². The van der Waals surface area contributed by atoms with E-state index in [-0.39, 0.29) is 5.54 Å². The van der Waals surface area contributed by atoms with E-state index >= 15 is 0 Å². The molecular formula is C19H39N3O. The lowest BCUT2D eigenvalue weighted by molar-refractivity contribution is -0.0237. The number of likely N-dealkylation sites (tertiary alicyclic amines) is 1. The minimum atomic E-state index is 0.212. The van der Waals surface area contributed by atoms with Gasteiger partial charge in [-0.2, -0.15) is 0 Å². The highest BCUT2D eigenvalue weighted by molar-refractivity contribution is 4.92. The molecule has 2 heterocycles. The fraction of sp³-hybridized carbons (Fsp3) is 1.00. The van der Waals surface area contributed by atoms with Crippen molar-refractivity contribution in [2.75, 3.05) is 52.4 Å². The Bertz CT molecular complexity index is 364. The van der Waals surface area contributed by atoms with Crippen LogP contribution in [-0.4, -0.2) is 83.8 Å². The van der Waals surface area contributed by atoms with Gasteiger partial charge in [0, 0.05) is 69.9 Å². The number of aliphatic hydroxyl groups excluding tert-OH is 1. The predicted octanol–water partition coefficient (Wildman–Crippen LogP) is 2.13. The average molecular weight is 326 g/mol. The van der Waals surface area contributed by atoms with Gasteiger partial charge in [0.05, 0.1) is 0 Å². The second kappa shape index (κ2) is 7.38. The summed E-state index contributed by atoms with van der Waals surface area (Å²) in [6, 6.07) is 0.565. The second-order valence-corrected chi connectivity index (χ2v) is 9.79. The summed E-state index contributed by atoms with van der Waals surface area (Å²) in [5.74, 6) is 0.400. The largest absolute Gasteiger partial charge is 0.396 e. The monoisotopic (exact) mass is 325 g/mol. The Balaban J connectivity index is 1.88. The molecule has 2 rings (SSSR count). The molecule has 23 heavy (non-hydrogen) atoms. The van der Waals surface area contributed by atoms with Crippen LogP contribution in [0.4, 0.5) is 0 Å². The van der Waals surface area contributed by atoms with Crippen molar-refractivity contribution >= 4 is 0 Å². The highest BCUT2D eigenvalue weighted by atomic mass is 16.3. The predicted molar refractivity (Wildman–Crippen MR) is 97.8 cm³/mol. The zero-order chi connectivity index (χ0) is 17.3. The molecule has 0 radical (unpaired) electrons. The van der Waals surface area contributed by atoms with Crippen LogP contribution in [-0.2, 0) is 0 Å².